The summed E-state index contributed by atoms with van der Waals surface area (Å²) in [6, 6.07) is 5.36. The van der Waals surface area contributed by atoms with E-state index in [4.69, 9.17) is 4.74 Å². The summed E-state index contributed by atoms with van der Waals surface area (Å²) in [4.78, 5) is 19.2. The van der Waals surface area contributed by atoms with Crippen LogP contribution in [0.15, 0.2) is 36.7 Å². The molecule has 0 aliphatic carbocycles. The van der Waals surface area contributed by atoms with Crippen LogP contribution in [-0.2, 0) is 11.8 Å². The van der Waals surface area contributed by atoms with Gasteiger partial charge in [0.25, 0.3) is 0 Å². The molecule has 2 heterocycles. The minimum atomic E-state index is -0.687. The summed E-state index contributed by atoms with van der Waals surface area (Å²) in [5.41, 5.74) is 0.164. The van der Waals surface area contributed by atoms with E-state index in [1.165, 1.54) is 6.07 Å². The van der Waals surface area contributed by atoms with E-state index in [9.17, 15) is 9.18 Å². The third kappa shape index (κ3) is 4.69. The molecule has 1 fully saturated rings. The van der Waals surface area contributed by atoms with Crippen molar-refractivity contribution in [2.45, 2.75) is 25.4 Å². The molecule has 1 aromatic heterocycles. The number of imidazole rings is 1. The molecule has 2 amide bonds. The van der Waals surface area contributed by atoms with E-state index in [-0.39, 0.29) is 17.4 Å². The highest BCUT2D eigenvalue weighted by atomic mass is 19.1. The van der Waals surface area contributed by atoms with Crippen LogP contribution >= 0.6 is 0 Å². The summed E-state index contributed by atoms with van der Waals surface area (Å²) in [5, 5.41) is 5.81. The lowest BCUT2D eigenvalue weighted by Crippen LogP contribution is -2.56. The summed E-state index contributed by atoms with van der Waals surface area (Å²) in [7, 11) is 1.82. The Morgan fingerprint density at radius 2 is 2.04 bits per heavy atom. The van der Waals surface area contributed by atoms with Crippen molar-refractivity contribution in [2.75, 3.05) is 32.8 Å². The standard InChI is InChI=1S/C20H28FN5O2/c1-20(2,26-10-12-28-13-11-26)14-23-19(27)24-17(18-22-8-9-25(18)3)15-6-4-5-7-16(15)21/h4-9,17H,10-14H2,1-3H3,(H2,23,24,27)/t17-/m1/s1. The van der Waals surface area contributed by atoms with Gasteiger partial charge in [0.2, 0.25) is 0 Å². The van der Waals surface area contributed by atoms with Crippen LogP contribution in [0.1, 0.15) is 31.3 Å². The molecule has 7 nitrogen and oxygen atoms in total. The molecule has 1 atom stereocenters. The molecular weight excluding hydrogens is 361 g/mol. The van der Waals surface area contributed by atoms with Crippen molar-refractivity contribution in [3.8, 4) is 0 Å². The topological polar surface area (TPSA) is 71.4 Å². The molecule has 0 radical (unpaired) electrons. The molecule has 0 unspecified atom stereocenters. The van der Waals surface area contributed by atoms with E-state index in [1.54, 1.807) is 35.2 Å². The largest absolute Gasteiger partial charge is 0.379 e. The number of carbonyl (C=O) groups excluding carboxylic acids is 1. The second-order valence-electron chi connectivity index (χ2n) is 7.59. The quantitative estimate of drug-likeness (QED) is 0.793. The molecule has 3 rings (SSSR count). The Bertz CT molecular complexity index is 801. The maximum atomic E-state index is 14.4. The Morgan fingerprint density at radius 3 is 2.68 bits per heavy atom. The Labute approximate surface area is 164 Å². The lowest BCUT2D eigenvalue weighted by Gasteiger charge is -2.40. The highest BCUT2D eigenvalue weighted by Gasteiger charge is 2.29. The third-order valence-corrected chi connectivity index (χ3v) is 5.16. The number of ether oxygens (including phenoxy) is 1. The van der Waals surface area contributed by atoms with Gasteiger partial charge in [-0.05, 0) is 19.9 Å². The van der Waals surface area contributed by atoms with Gasteiger partial charge in [-0.2, -0.15) is 0 Å². The van der Waals surface area contributed by atoms with Crippen molar-refractivity contribution in [3.05, 3.63) is 53.9 Å². The van der Waals surface area contributed by atoms with E-state index >= 15 is 0 Å². The molecule has 8 heteroatoms. The molecule has 1 aliphatic heterocycles. The smallest absolute Gasteiger partial charge is 0.315 e. The van der Waals surface area contributed by atoms with Crippen LogP contribution in [0.25, 0.3) is 0 Å². The highest BCUT2D eigenvalue weighted by molar-refractivity contribution is 5.75. The van der Waals surface area contributed by atoms with Crippen LogP contribution in [0.2, 0.25) is 0 Å². The van der Waals surface area contributed by atoms with Crippen molar-refractivity contribution in [2.24, 2.45) is 7.05 Å². The third-order valence-electron chi connectivity index (χ3n) is 5.16. The van der Waals surface area contributed by atoms with Gasteiger partial charge < -0.3 is 19.9 Å². The Hall–Kier alpha value is -2.45. The summed E-state index contributed by atoms with van der Waals surface area (Å²) < 4.78 is 21.6. The van der Waals surface area contributed by atoms with Crippen molar-refractivity contribution >= 4 is 6.03 Å². The van der Waals surface area contributed by atoms with Crippen LogP contribution in [-0.4, -0.2) is 58.9 Å². The predicted molar refractivity (Wildman–Crippen MR) is 104 cm³/mol. The summed E-state index contributed by atoms with van der Waals surface area (Å²) in [6.45, 7) is 7.71. The summed E-state index contributed by atoms with van der Waals surface area (Å²) in [6.07, 6.45) is 3.40. The zero-order valence-electron chi connectivity index (χ0n) is 16.6. The second-order valence-corrected chi connectivity index (χ2v) is 7.59. The summed E-state index contributed by atoms with van der Waals surface area (Å²) >= 11 is 0. The SMILES string of the molecule is Cn1ccnc1[C@H](NC(=O)NCC(C)(C)N1CCOCC1)c1ccccc1F. The Balaban J connectivity index is 1.70. The maximum absolute atomic E-state index is 14.4. The van der Waals surface area contributed by atoms with Crippen LogP contribution in [0, 0.1) is 5.82 Å². The number of rotatable bonds is 6. The number of aromatic nitrogens is 2. The van der Waals surface area contributed by atoms with E-state index in [0.717, 1.165) is 13.1 Å². The second kappa shape index (κ2) is 8.70. The molecule has 0 saturated carbocycles. The maximum Gasteiger partial charge on any atom is 0.315 e. The molecule has 0 bridgehead atoms. The van der Waals surface area contributed by atoms with Gasteiger partial charge in [-0.25, -0.2) is 14.2 Å². The predicted octanol–water partition coefficient (Wildman–Crippen LogP) is 2.06. The van der Waals surface area contributed by atoms with Crippen molar-refractivity contribution in [1.29, 1.82) is 0 Å². The van der Waals surface area contributed by atoms with Crippen LogP contribution in [0.5, 0.6) is 0 Å². The van der Waals surface area contributed by atoms with Crippen molar-refractivity contribution < 1.29 is 13.9 Å². The van der Waals surface area contributed by atoms with Gasteiger partial charge in [0.05, 0.1) is 13.2 Å². The number of nitrogens with one attached hydrogen (secondary N) is 2. The fourth-order valence-corrected chi connectivity index (χ4v) is 3.41. The molecule has 2 aromatic rings. The number of hydrogen-bond acceptors (Lipinski definition) is 4. The minimum absolute atomic E-state index is 0.210. The lowest BCUT2D eigenvalue weighted by molar-refractivity contribution is -0.00876. The fourth-order valence-electron chi connectivity index (χ4n) is 3.41. The number of urea groups is 1. The van der Waals surface area contributed by atoms with Crippen molar-refractivity contribution in [1.82, 2.24) is 25.1 Å². The number of nitrogens with zero attached hydrogens (tertiary/aromatic N) is 3. The number of morpholine rings is 1. The zero-order valence-corrected chi connectivity index (χ0v) is 16.6. The molecule has 1 aliphatic rings. The van der Waals surface area contributed by atoms with Crippen LogP contribution in [0.4, 0.5) is 9.18 Å². The number of halogens is 1. The Morgan fingerprint density at radius 1 is 1.32 bits per heavy atom. The number of carbonyl (C=O) groups is 1. The van der Waals surface area contributed by atoms with E-state index in [1.807, 2.05) is 7.05 Å². The van der Waals surface area contributed by atoms with Crippen molar-refractivity contribution in [3.63, 3.8) is 0 Å². The molecule has 2 N–H and O–H groups in total. The van der Waals surface area contributed by atoms with Gasteiger partial charge in [-0.15, -0.1) is 0 Å². The van der Waals surface area contributed by atoms with E-state index in [2.05, 4.69) is 34.4 Å². The molecular formula is C20H28FN5O2. The van der Waals surface area contributed by atoms with E-state index < -0.39 is 6.04 Å². The molecule has 152 valence electrons. The normalized spacial score (nSPS) is 16.6. The number of hydrogen-bond donors (Lipinski definition) is 2. The minimum Gasteiger partial charge on any atom is -0.379 e. The molecule has 1 saturated heterocycles. The van der Waals surface area contributed by atoms with Gasteiger partial charge >= 0.3 is 6.03 Å². The number of aryl methyl sites for hydroxylation is 1. The Kier molecular flexibility index (Phi) is 6.31. The first-order chi connectivity index (χ1) is 13.4. The first-order valence-electron chi connectivity index (χ1n) is 9.47. The monoisotopic (exact) mass is 389 g/mol. The van der Waals surface area contributed by atoms with Gasteiger partial charge in [-0.1, -0.05) is 18.2 Å². The highest BCUT2D eigenvalue weighted by Crippen LogP contribution is 2.23. The van der Waals surface area contributed by atoms with Gasteiger partial charge in [0, 0.05) is 50.2 Å². The van der Waals surface area contributed by atoms with Gasteiger partial charge in [0.1, 0.15) is 17.7 Å². The average Bonchev–Trinajstić information content (AvgIpc) is 3.12. The first-order valence-corrected chi connectivity index (χ1v) is 9.47. The van der Waals surface area contributed by atoms with Gasteiger partial charge in [0.15, 0.2) is 0 Å². The molecule has 0 spiro atoms. The summed E-state index contributed by atoms with van der Waals surface area (Å²) in [5.74, 6) is 0.178. The fraction of sp³-hybridized carbons (Fsp3) is 0.500. The van der Waals surface area contributed by atoms with Gasteiger partial charge in [-0.3, -0.25) is 4.90 Å². The average molecular weight is 389 g/mol. The first kappa shape index (κ1) is 20.3. The number of benzene rings is 1. The molecule has 28 heavy (non-hydrogen) atoms. The van der Waals surface area contributed by atoms with Crippen LogP contribution in [0.3, 0.4) is 0 Å². The zero-order chi connectivity index (χ0) is 20.1. The van der Waals surface area contributed by atoms with E-state index in [0.29, 0.717) is 31.1 Å². The lowest BCUT2D eigenvalue weighted by atomic mass is 10.0. The number of amides is 2. The van der Waals surface area contributed by atoms with Crippen LogP contribution < -0.4 is 10.6 Å². The molecule has 1 aromatic carbocycles.